The minimum Gasteiger partial charge on any atom is -0.357 e. The predicted octanol–water partition coefficient (Wildman–Crippen LogP) is -0.584. The van der Waals surface area contributed by atoms with Gasteiger partial charge in [-0.2, -0.15) is 0 Å². The SMILES string of the molecule is CNC(=O)C1CN(C)CCN1C(=O)CCc1ccc(S(=O)(=O)NC)cc1. The summed E-state index contributed by atoms with van der Waals surface area (Å²) in [6.07, 6.45) is 0.765. The molecule has 26 heavy (non-hydrogen) atoms. The number of benzene rings is 1. The fourth-order valence-electron chi connectivity index (χ4n) is 2.96. The first-order valence-corrected chi connectivity index (χ1v) is 9.99. The first kappa shape index (κ1) is 20.3. The van der Waals surface area contributed by atoms with Crippen molar-refractivity contribution in [1.29, 1.82) is 0 Å². The van der Waals surface area contributed by atoms with Crippen molar-refractivity contribution in [2.45, 2.75) is 23.8 Å². The quantitative estimate of drug-likeness (QED) is 0.686. The van der Waals surface area contributed by atoms with Gasteiger partial charge < -0.3 is 15.1 Å². The van der Waals surface area contributed by atoms with Gasteiger partial charge in [0.2, 0.25) is 21.8 Å². The fourth-order valence-corrected chi connectivity index (χ4v) is 3.69. The minimum atomic E-state index is -3.46. The Labute approximate surface area is 154 Å². The molecule has 1 aromatic carbocycles. The molecule has 0 radical (unpaired) electrons. The monoisotopic (exact) mass is 382 g/mol. The van der Waals surface area contributed by atoms with Crippen molar-refractivity contribution in [1.82, 2.24) is 19.8 Å². The van der Waals surface area contributed by atoms with E-state index >= 15 is 0 Å². The zero-order valence-corrected chi connectivity index (χ0v) is 16.2. The molecule has 1 unspecified atom stereocenters. The third kappa shape index (κ3) is 4.80. The maximum atomic E-state index is 12.6. The highest BCUT2D eigenvalue weighted by Gasteiger charge is 2.33. The van der Waals surface area contributed by atoms with E-state index in [1.165, 1.54) is 19.2 Å². The highest BCUT2D eigenvalue weighted by atomic mass is 32.2. The lowest BCUT2D eigenvalue weighted by molar-refractivity contribution is -0.143. The second kappa shape index (κ2) is 8.61. The fraction of sp³-hybridized carbons (Fsp3) is 0.529. The number of carbonyl (C=O) groups is 2. The zero-order valence-electron chi connectivity index (χ0n) is 15.4. The van der Waals surface area contributed by atoms with Crippen molar-refractivity contribution in [3.8, 4) is 0 Å². The smallest absolute Gasteiger partial charge is 0.243 e. The van der Waals surface area contributed by atoms with Crippen molar-refractivity contribution in [2.24, 2.45) is 0 Å². The van der Waals surface area contributed by atoms with E-state index in [-0.39, 0.29) is 23.1 Å². The van der Waals surface area contributed by atoms with Gasteiger partial charge in [0, 0.05) is 33.1 Å². The van der Waals surface area contributed by atoms with Gasteiger partial charge in [-0.1, -0.05) is 12.1 Å². The van der Waals surface area contributed by atoms with Gasteiger partial charge in [-0.25, -0.2) is 13.1 Å². The van der Waals surface area contributed by atoms with Gasteiger partial charge in [-0.15, -0.1) is 0 Å². The summed E-state index contributed by atoms with van der Waals surface area (Å²) in [5, 5.41) is 2.62. The number of piperazine rings is 1. The van der Waals surface area contributed by atoms with Gasteiger partial charge in [0.1, 0.15) is 6.04 Å². The number of aryl methyl sites for hydroxylation is 1. The summed E-state index contributed by atoms with van der Waals surface area (Å²) in [5.74, 6) is -0.231. The standard InChI is InChI=1S/C17H26N4O4S/c1-18-17(23)15-12-20(3)10-11-21(15)16(22)9-6-13-4-7-14(8-5-13)26(24,25)19-2/h4-5,7-8,15,19H,6,9-12H2,1-3H3,(H,18,23). The molecule has 1 saturated heterocycles. The summed E-state index contributed by atoms with van der Waals surface area (Å²) < 4.78 is 25.7. The van der Waals surface area contributed by atoms with Crippen LogP contribution in [0.4, 0.5) is 0 Å². The van der Waals surface area contributed by atoms with Gasteiger partial charge in [-0.3, -0.25) is 9.59 Å². The molecule has 0 bridgehead atoms. The van der Waals surface area contributed by atoms with Gasteiger partial charge >= 0.3 is 0 Å². The van der Waals surface area contributed by atoms with Crippen LogP contribution in [0.5, 0.6) is 0 Å². The third-order valence-corrected chi connectivity index (χ3v) is 6.01. The Bertz CT molecular complexity index is 749. The molecule has 1 atom stereocenters. The molecule has 2 amide bonds. The van der Waals surface area contributed by atoms with Crippen LogP contribution in [0, 0.1) is 0 Å². The normalized spacial score (nSPS) is 18.6. The Hall–Kier alpha value is -1.97. The van der Waals surface area contributed by atoms with Crippen LogP contribution in [0.3, 0.4) is 0 Å². The molecule has 144 valence electrons. The summed E-state index contributed by atoms with van der Waals surface area (Å²) in [6, 6.07) is 5.98. The van der Waals surface area contributed by atoms with Gasteiger partial charge in [0.25, 0.3) is 0 Å². The lowest BCUT2D eigenvalue weighted by atomic mass is 10.1. The minimum absolute atomic E-state index is 0.0707. The van der Waals surface area contributed by atoms with Crippen LogP contribution in [0.25, 0.3) is 0 Å². The molecule has 1 aliphatic rings. The molecule has 1 heterocycles. The number of sulfonamides is 1. The molecule has 0 saturated carbocycles. The van der Waals surface area contributed by atoms with E-state index in [0.29, 0.717) is 19.5 Å². The zero-order chi connectivity index (χ0) is 19.3. The molecule has 8 nitrogen and oxygen atoms in total. The molecule has 1 fully saturated rings. The van der Waals surface area contributed by atoms with Crippen LogP contribution < -0.4 is 10.0 Å². The van der Waals surface area contributed by atoms with Gasteiger partial charge in [-0.05, 0) is 38.2 Å². The van der Waals surface area contributed by atoms with Crippen LogP contribution in [0.15, 0.2) is 29.2 Å². The Morgan fingerprint density at radius 3 is 2.38 bits per heavy atom. The van der Waals surface area contributed by atoms with Crippen molar-refractivity contribution < 1.29 is 18.0 Å². The molecule has 1 aliphatic heterocycles. The maximum absolute atomic E-state index is 12.6. The average Bonchev–Trinajstić information content (AvgIpc) is 2.65. The van der Waals surface area contributed by atoms with Crippen molar-refractivity contribution in [2.75, 3.05) is 40.8 Å². The van der Waals surface area contributed by atoms with E-state index in [0.717, 1.165) is 12.1 Å². The predicted molar refractivity (Wildman–Crippen MR) is 98.1 cm³/mol. The van der Waals surface area contributed by atoms with Crippen molar-refractivity contribution >= 4 is 21.8 Å². The Morgan fingerprint density at radius 1 is 1.15 bits per heavy atom. The number of likely N-dealkylation sites (N-methyl/N-ethyl adjacent to an activating group) is 2. The lowest BCUT2D eigenvalue weighted by Gasteiger charge is -2.39. The van der Waals surface area contributed by atoms with Gasteiger partial charge in [0.05, 0.1) is 4.90 Å². The molecule has 1 aromatic rings. The molecule has 2 rings (SSSR count). The van der Waals surface area contributed by atoms with E-state index in [9.17, 15) is 18.0 Å². The summed E-state index contributed by atoms with van der Waals surface area (Å²) in [5.41, 5.74) is 0.874. The molecular weight excluding hydrogens is 356 g/mol. The van der Waals surface area contributed by atoms with Crippen molar-refractivity contribution in [3.05, 3.63) is 29.8 Å². The Balaban J connectivity index is 2.00. The van der Waals surface area contributed by atoms with Gasteiger partial charge in [0.15, 0.2) is 0 Å². The molecule has 9 heteroatoms. The maximum Gasteiger partial charge on any atom is 0.243 e. The summed E-state index contributed by atoms with van der Waals surface area (Å²) >= 11 is 0. The number of hydrogen-bond donors (Lipinski definition) is 2. The number of nitrogens with zero attached hydrogens (tertiary/aromatic N) is 2. The van der Waals surface area contributed by atoms with Crippen molar-refractivity contribution in [3.63, 3.8) is 0 Å². The molecule has 0 spiro atoms. The van der Waals surface area contributed by atoms with E-state index in [1.807, 2.05) is 11.9 Å². The Morgan fingerprint density at radius 2 is 1.81 bits per heavy atom. The van der Waals surface area contributed by atoms with Crippen LogP contribution in [0.2, 0.25) is 0 Å². The Kier molecular flexibility index (Phi) is 6.74. The number of nitrogens with one attached hydrogen (secondary N) is 2. The lowest BCUT2D eigenvalue weighted by Crippen LogP contribution is -2.59. The highest BCUT2D eigenvalue weighted by Crippen LogP contribution is 2.14. The molecule has 2 N–H and O–H groups in total. The number of hydrogen-bond acceptors (Lipinski definition) is 5. The molecule has 0 aromatic heterocycles. The van der Waals surface area contributed by atoms with E-state index in [1.54, 1.807) is 24.1 Å². The van der Waals surface area contributed by atoms with Crippen LogP contribution >= 0.6 is 0 Å². The summed E-state index contributed by atoms with van der Waals surface area (Å²) in [6.45, 7) is 1.77. The second-order valence-electron chi connectivity index (χ2n) is 6.33. The molecule has 0 aliphatic carbocycles. The third-order valence-electron chi connectivity index (χ3n) is 4.58. The second-order valence-corrected chi connectivity index (χ2v) is 8.22. The average molecular weight is 382 g/mol. The van der Waals surface area contributed by atoms with Crippen LogP contribution in [-0.4, -0.2) is 76.9 Å². The summed E-state index contributed by atoms with van der Waals surface area (Å²) in [7, 11) is 1.40. The summed E-state index contributed by atoms with van der Waals surface area (Å²) in [4.78, 5) is 28.5. The highest BCUT2D eigenvalue weighted by molar-refractivity contribution is 7.89. The van der Waals surface area contributed by atoms with E-state index in [4.69, 9.17) is 0 Å². The van der Waals surface area contributed by atoms with Crippen LogP contribution in [-0.2, 0) is 26.0 Å². The number of amides is 2. The first-order valence-electron chi connectivity index (χ1n) is 8.50. The topological polar surface area (TPSA) is 98.8 Å². The molecular formula is C17H26N4O4S. The van der Waals surface area contributed by atoms with E-state index < -0.39 is 16.1 Å². The van der Waals surface area contributed by atoms with E-state index in [2.05, 4.69) is 10.0 Å². The first-order chi connectivity index (χ1) is 12.3. The largest absolute Gasteiger partial charge is 0.357 e. The van der Waals surface area contributed by atoms with Crippen LogP contribution in [0.1, 0.15) is 12.0 Å². The number of rotatable bonds is 6. The number of carbonyl (C=O) groups excluding carboxylic acids is 2.